The van der Waals surface area contributed by atoms with Crippen molar-refractivity contribution in [3.8, 4) is 11.5 Å². The maximum Gasteiger partial charge on any atom is 0.327 e. The Labute approximate surface area is 371 Å². The van der Waals surface area contributed by atoms with E-state index in [-0.39, 0.29) is 29.9 Å². The van der Waals surface area contributed by atoms with E-state index in [1.54, 1.807) is 0 Å². The van der Waals surface area contributed by atoms with Crippen LogP contribution in [0.15, 0.2) is 84.9 Å². The number of methoxy groups -OCH3 is 1. The van der Waals surface area contributed by atoms with Gasteiger partial charge in [0.2, 0.25) is 11.8 Å². The molecule has 2 aliphatic carbocycles. The molecule has 3 N–H and O–H groups in total. The van der Waals surface area contributed by atoms with Crippen LogP contribution < -0.4 is 20.1 Å². The summed E-state index contributed by atoms with van der Waals surface area (Å²) in [5.74, 6) is 1.94. The van der Waals surface area contributed by atoms with Crippen LogP contribution in [0.4, 0.5) is 0 Å². The third-order valence-corrected chi connectivity index (χ3v) is 12.5. The Balaban J connectivity index is 0.000000189. The molecule has 2 heterocycles. The largest absolute Gasteiger partial charge is 0.493 e. The third kappa shape index (κ3) is 12.3. The summed E-state index contributed by atoms with van der Waals surface area (Å²) in [7, 11) is 1.44. The molecule has 63 heavy (non-hydrogen) atoms. The molecule has 12 heteroatoms. The van der Waals surface area contributed by atoms with Crippen molar-refractivity contribution in [1.82, 2.24) is 20.4 Å². The monoisotopic (exact) mass is 858 g/mol. The molecule has 12 nitrogen and oxygen atoms in total. The van der Waals surface area contributed by atoms with Gasteiger partial charge >= 0.3 is 11.9 Å². The van der Waals surface area contributed by atoms with Gasteiger partial charge in [-0.15, -0.1) is 0 Å². The Morgan fingerprint density at radius 3 is 1.43 bits per heavy atom. The second-order valence-electron chi connectivity index (χ2n) is 17.7. The number of carbonyl (C=O) groups is 4. The number of ether oxygens (including phenoxy) is 3. The number of nitrogens with one attached hydrogen (secondary N) is 2. The van der Waals surface area contributed by atoms with Crippen LogP contribution >= 0.6 is 0 Å². The van der Waals surface area contributed by atoms with E-state index in [0.29, 0.717) is 31.5 Å². The first kappa shape index (κ1) is 45.3. The normalized spacial score (nSPS) is 19.2. The van der Waals surface area contributed by atoms with Gasteiger partial charge in [0.1, 0.15) is 23.6 Å². The second kappa shape index (κ2) is 20.6. The van der Waals surface area contributed by atoms with Crippen LogP contribution in [0.2, 0.25) is 0 Å². The van der Waals surface area contributed by atoms with Crippen molar-refractivity contribution >= 4 is 23.8 Å². The van der Waals surface area contributed by atoms with E-state index >= 15 is 0 Å². The standard InChI is InChI=1S/C26H32N2O4.C25H30N2O4/c1-17(27-18(2)29)21-8-6-19(7-9-21)15-28-13-12-22-14-23(32-16-20-4-5-20)10-11-24(22)25(28)26(30)31-3;1-16(26-17(2)28)20-7-5-18(6-8-20)14-27-12-11-21-13-22(31-15-19-3-4-19)9-10-23(21)24(27)25(29)30/h6-11,14,17,20,25H,4-5,12-13,15-16H2,1-3H3,(H,27,29);5-10,13,16,19,24H,3-4,11-12,14-15H2,1-2H3,(H,26,28)(H,29,30)/t17-,25?;16-,24?/m00/s1. The molecule has 4 aromatic rings. The zero-order valence-electron chi connectivity index (χ0n) is 37.2. The molecular weight excluding hydrogens is 797 g/mol. The average molecular weight is 859 g/mol. The number of benzene rings is 4. The second-order valence-corrected chi connectivity index (χ2v) is 17.7. The molecular formula is C51H62N4O8. The number of carboxylic acids is 1. The molecule has 334 valence electrons. The van der Waals surface area contributed by atoms with E-state index in [2.05, 4.69) is 33.7 Å². The highest BCUT2D eigenvalue weighted by atomic mass is 16.5. The molecule has 2 unspecified atom stereocenters. The maximum absolute atomic E-state index is 12.7. The van der Waals surface area contributed by atoms with E-state index in [9.17, 15) is 24.3 Å². The first-order valence-electron chi connectivity index (χ1n) is 22.4. The molecule has 0 aromatic heterocycles. The molecule has 0 saturated heterocycles. The minimum Gasteiger partial charge on any atom is -0.493 e. The predicted molar refractivity (Wildman–Crippen MR) is 240 cm³/mol. The number of carbonyl (C=O) groups excluding carboxylic acids is 3. The number of hydrogen-bond acceptors (Lipinski definition) is 9. The van der Waals surface area contributed by atoms with Crippen LogP contribution in [-0.2, 0) is 49.8 Å². The zero-order valence-corrected chi connectivity index (χ0v) is 37.2. The van der Waals surface area contributed by atoms with Crippen molar-refractivity contribution in [2.75, 3.05) is 33.4 Å². The molecule has 2 aliphatic heterocycles. The summed E-state index contributed by atoms with van der Waals surface area (Å²) in [6, 6.07) is 26.9. The van der Waals surface area contributed by atoms with Crippen LogP contribution in [0, 0.1) is 11.8 Å². The summed E-state index contributed by atoms with van der Waals surface area (Å²) in [5.41, 5.74) is 8.32. The van der Waals surface area contributed by atoms with Crippen molar-refractivity contribution in [2.45, 2.75) is 103 Å². The van der Waals surface area contributed by atoms with Crippen LogP contribution in [0.3, 0.4) is 0 Å². The minimum atomic E-state index is -0.830. The van der Waals surface area contributed by atoms with Gasteiger partial charge in [0, 0.05) is 40.0 Å². The Morgan fingerprint density at radius 2 is 1.05 bits per heavy atom. The highest BCUT2D eigenvalue weighted by molar-refractivity contribution is 5.79. The lowest BCUT2D eigenvalue weighted by atomic mass is 9.91. The first-order valence-corrected chi connectivity index (χ1v) is 22.4. The van der Waals surface area contributed by atoms with Gasteiger partial charge in [-0.25, -0.2) is 4.79 Å². The van der Waals surface area contributed by atoms with Gasteiger partial charge in [-0.1, -0.05) is 60.7 Å². The Kier molecular flexibility index (Phi) is 14.8. The summed E-state index contributed by atoms with van der Waals surface area (Å²) in [4.78, 5) is 51.7. The van der Waals surface area contributed by atoms with Gasteiger partial charge in [0.05, 0.1) is 32.4 Å². The van der Waals surface area contributed by atoms with Gasteiger partial charge in [-0.2, -0.15) is 0 Å². The fourth-order valence-electron chi connectivity index (χ4n) is 8.57. The number of esters is 1. The van der Waals surface area contributed by atoms with Gasteiger partial charge in [-0.05, 0) is 133 Å². The summed E-state index contributed by atoms with van der Waals surface area (Å²) < 4.78 is 17.0. The molecule has 0 radical (unpaired) electrons. The van der Waals surface area contributed by atoms with Gasteiger partial charge in [0.25, 0.3) is 0 Å². The first-order chi connectivity index (χ1) is 30.3. The average Bonchev–Trinajstić information content (AvgIpc) is 4.21. The van der Waals surface area contributed by atoms with E-state index in [0.717, 1.165) is 88.6 Å². The van der Waals surface area contributed by atoms with Crippen molar-refractivity contribution in [3.63, 3.8) is 0 Å². The Bertz CT molecular complexity index is 2240. The molecule has 2 saturated carbocycles. The number of nitrogens with zero attached hydrogens (tertiary/aromatic N) is 2. The van der Waals surface area contributed by atoms with Crippen molar-refractivity contribution in [1.29, 1.82) is 0 Å². The molecule has 2 fully saturated rings. The van der Waals surface area contributed by atoms with E-state index in [4.69, 9.17) is 14.2 Å². The summed E-state index contributed by atoms with van der Waals surface area (Å²) in [6.07, 6.45) is 6.68. The number of aliphatic carboxylic acids is 1. The maximum atomic E-state index is 12.7. The predicted octanol–water partition coefficient (Wildman–Crippen LogP) is 7.80. The molecule has 4 aromatic carbocycles. The van der Waals surface area contributed by atoms with Crippen LogP contribution in [0.5, 0.6) is 11.5 Å². The zero-order chi connectivity index (χ0) is 44.6. The quantitative estimate of drug-likeness (QED) is 0.0955. The minimum absolute atomic E-state index is 0.0393. The highest BCUT2D eigenvalue weighted by Crippen LogP contribution is 2.37. The third-order valence-electron chi connectivity index (χ3n) is 12.5. The fraction of sp³-hybridized carbons (Fsp3) is 0.451. The van der Waals surface area contributed by atoms with E-state index in [1.807, 2.05) is 85.5 Å². The lowest BCUT2D eigenvalue weighted by molar-refractivity contribution is -0.148. The molecule has 0 bridgehead atoms. The lowest BCUT2D eigenvalue weighted by Crippen LogP contribution is -2.39. The number of amides is 2. The van der Waals surface area contributed by atoms with Crippen molar-refractivity contribution < 1.29 is 38.5 Å². The fourth-order valence-corrected chi connectivity index (χ4v) is 8.57. The molecule has 0 spiro atoms. The molecule has 8 rings (SSSR count). The van der Waals surface area contributed by atoms with Crippen molar-refractivity contribution in [3.05, 3.63) is 129 Å². The number of hydrogen-bond donors (Lipinski definition) is 3. The summed E-state index contributed by atoms with van der Waals surface area (Å²) >= 11 is 0. The summed E-state index contributed by atoms with van der Waals surface area (Å²) in [5, 5.41) is 15.8. The number of rotatable bonds is 16. The van der Waals surface area contributed by atoms with Crippen LogP contribution in [0.1, 0.15) is 122 Å². The molecule has 4 atom stereocenters. The van der Waals surface area contributed by atoms with Crippen LogP contribution in [0.25, 0.3) is 0 Å². The molecule has 4 aliphatic rings. The Hall–Kier alpha value is -5.72. The topological polar surface area (TPSA) is 147 Å². The smallest absolute Gasteiger partial charge is 0.327 e. The van der Waals surface area contributed by atoms with Gasteiger partial charge in [0.15, 0.2) is 0 Å². The van der Waals surface area contributed by atoms with Gasteiger partial charge in [-0.3, -0.25) is 24.2 Å². The SMILES string of the molecule is CC(=O)N[C@@H](C)c1ccc(CN2CCc3cc(OCC4CC4)ccc3C2C(=O)O)cc1.COC(=O)C1c2ccc(OCC3CC3)cc2CCN1Cc1ccc([C@H](C)NC(C)=O)cc1. The van der Waals surface area contributed by atoms with Gasteiger partial charge < -0.3 is 30.0 Å². The van der Waals surface area contributed by atoms with Crippen molar-refractivity contribution in [2.24, 2.45) is 11.8 Å². The van der Waals surface area contributed by atoms with E-state index in [1.165, 1.54) is 46.6 Å². The lowest BCUT2D eigenvalue weighted by Gasteiger charge is -2.35. The number of fused-ring (bicyclic) bond motifs is 2. The Morgan fingerprint density at radius 1 is 0.635 bits per heavy atom. The summed E-state index contributed by atoms with van der Waals surface area (Å²) in [6.45, 7) is 11.1. The highest BCUT2D eigenvalue weighted by Gasteiger charge is 2.35. The van der Waals surface area contributed by atoms with Crippen LogP contribution in [-0.4, -0.2) is 72.1 Å². The molecule has 2 amide bonds. The van der Waals surface area contributed by atoms with E-state index < -0.39 is 18.1 Å². The number of carboxylic acid groups (broad SMARTS) is 1.